The molecule has 0 spiro atoms. The first-order chi connectivity index (χ1) is 10.6. The van der Waals surface area contributed by atoms with Crippen LogP contribution in [0.25, 0.3) is 12.2 Å². The Morgan fingerprint density at radius 1 is 1.14 bits per heavy atom. The molecule has 0 atom stereocenters. The van der Waals surface area contributed by atoms with Crippen LogP contribution in [0.2, 0.25) is 5.02 Å². The summed E-state index contributed by atoms with van der Waals surface area (Å²) in [6.45, 7) is 2.13. The molecule has 0 aromatic heterocycles. The monoisotopic (exact) mass is 316 g/mol. The van der Waals surface area contributed by atoms with Gasteiger partial charge in [-0.1, -0.05) is 35.9 Å². The quantitative estimate of drug-likeness (QED) is 0.592. The molecule has 3 nitrogen and oxygen atoms in total. The number of ether oxygens (including phenoxy) is 2. The zero-order valence-electron chi connectivity index (χ0n) is 12.5. The second kappa shape index (κ2) is 7.66. The molecule has 0 unspecified atom stereocenters. The van der Waals surface area contributed by atoms with Crippen LogP contribution in [0.4, 0.5) is 0 Å². The molecule has 0 aliphatic rings. The number of rotatable bonds is 5. The molecule has 2 aromatic rings. The van der Waals surface area contributed by atoms with Crippen molar-refractivity contribution in [2.24, 2.45) is 0 Å². The fourth-order valence-electron chi connectivity index (χ4n) is 1.97. The molecule has 22 heavy (non-hydrogen) atoms. The molecule has 0 aliphatic heterocycles. The lowest BCUT2D eigenvalue weighted by molar-refractivity contribution is 0.0526. The standard InChI is InChI=1S/C18H17ClO3/c1-3-22-18(20)15-8-11-17(21-2)14(12-15)7-4-13-5-9-16(19)10-6-13/h4-12H,3H2,1-2H3. The van der Waals surface area contributed by atoms with E-state index in [1.165, 1.54) is 0 Å². The molecule has 0 fully saturated rings. The molecule has 4 heteroatoms. The number of carbonyl (C=O) groups excluding carboxylic acids is 1. The lowest BCUT2D eigenvalue weighted by Crippen LogP contribution is -2.05. The molecule has 0 saturated heterocycles. The fraction of sp³-hybridized carbons (Fsp3) is 0.167. The van der Waals surface area contributed by atoms with Crippen LogP contribution in [-0.2, 0) is 4.74 Å². The van der Waals surface area contributed by atoms with Crippen LogP contribution >= 0.6 is 11.6 Å². The van der Waals surface area contributed by atoms with Gasteiger partial charge in [0.2, 0.25) is 0 Å². The Hall–Kier alpha value is -2.26. The highest BCUT2D eigenvalue weighted by atomic mass is 35.5. The van der Waals surface area contributed by atoms with Crippen molar-refractivity contribution in [2.45, 2.75) is 6.92 Å². The van der Waals surface area contributed by atoms with Crippen molar-refractivity contribution < 1.29 is 14.3 Å². The van der Waals surface area contributed by atoms with Gasteiger partial charge in [-0.25, -0.2) is 4.79 Å². The van der Waals surface area contributed by atoms with Gasteiger partial charge < -0.3 is 9.47 Å². The Bertz CT molecular complexity index is 675. The van der Waals surface area contributed by atoms with Crippen LogP contribution < -0.4 is 4.74 Å². The topological polar surface area (TPSA) is 35.5 Å². The molecule has 0 aliphatic carbocycles. The lowest BCUT2D eigenvalue weighted by atomic mass is 10.1. The van der Waals surface area contributed by atoms with Crippen molar-refractivity contribution >= 4 is 29.7 Å². The third-order valence-electron chi connectivity index (χ3n) is 3.07. The lowest BCUT2D eigenvalue weighted by Gasteiger charge is -2.07. The fourth-order valence-corrected chi connectivity index (χ4v) is 2.09. The second-order valence-corrected chi connectivity index (χ2v) is 5.00. The molecule has 0 heterocycles. The maximum Gasteiger partial charge on any atom is 0.338 e. The Morgan fingerprint density at radius 3 is 2.50 bits per heavy atom. The van der Waals surface area contributed by atoms with E-state index in [1.807, 2.05) is 36.4 Å². The van der Waals surface area contributed by atoms with E-state index in [0.29, 0.717) is 22.9 Å². The Kier molecular flexibility index (Phi) is 5.61. The average molecular weight is 317 g/mol. The van der Waals surface area contributed by atoms with Crippen LogP contribution in [0, 0.1) is 0 Å². The van der Waals surface area contributed by atoms with Crippen LogP contribution in [-0.4, -0.2) is 19.7 Å². The number of hydrogen-bond donors (Lipinski definition) is 0. The van der Waals surface area contributed by atoms with Gasteiger partial charge in [-0.15, -0.1) is 0 Å². The molecule has 0 bridgehead atoms. The number of benzene rings is 2. The first-order valence-electron chi connectivity index (χ1n) is 6.93. The van der Waals surface area contributed by atoms with Gasteiger partial charge in [0.1, 0.15) is 5.75 Å². The average Bonchev–Trinajstić information content (AvgIpc) is 2.54. The zero-order chi connectivity index (χ0) is 15.9. The minimum Gasteiger partial charge on any atom is -0.496 e. The SMILES string of the molecule is CCOC(=O)c1ccc(OC)c(C=Cc2ccc(Cl)cc2)c1. The van der Waals surface area contributed by atoms with Gasteiger partial charge in [0, 0.05) is 10.6 Å². The number of carbonyl (C=O) groups is 1. The summed E-state index contributed by atoms with van der Waals surface area (Å²) in [5.41, 5.74) is 2.31. The summed E-state index contributed by atoms with van der Waals surface area (Å²) < 4.78 is 10.3. The molecule has 2 rings (SSSR count). The zero-order valence-corrected chi connectivity index (χ0v) is 13.3. The number of esters is 1. The summed E-state index contributed by atoms with van der Waals surface area (Å²) >= 11 is 5.87. The highest BCUT2D eigenvalue weighted by Crippen LogP contribution is 2.23. The Labute approximate surface area is 135 Å². The summed E-state index contributed by atoms with van der Waals surface area (Å²) in [5, 5.41) is 0.694. The smallest absolute Gasteiger partial charge is 0.338 e. The number of halogens is 1. The van der Waals surface area contributed by atoms with Gasteiger partial charge in [0.05, 0.1) is 19.3 Å². The van der Waals surface area contributed by atoms with Gasteiger partial charge in [-0.05, 0) is 42.8 Å². The van der Waals surface area contributed by atoms with E-state index in [1.54, 1.807) is 32.2 Å². The first-order valence-corrected chi connectivity index (χ1v) is 7.30. The Balaban J connectivity index is 2.29. The van der Waals surface area contributed by atoms with Crippen LogP contribution in [0.3, 0.4) is 0 Å². The highest BCUT2D eigenvalue weighted by Gasteiger charge is 2.09. The van der Waals surface area contributed by atoms with Crippen molar-refractivity contribution in [3.05, 3.63) is 64.2 Å². The summed E-state index contributed by atoms with van der Waals surface area (Å²) in [6.07, 6.45) is 3.83. The van der Waals surface area contributed by atoms with Crippen LogP contribution in [0.5, 0.6) is 5.75 Å². The van der Waals surface area contributed by atoms with Gasteiger partial charge in [-0.2, -0.15) is 0 Å². The summed E-state index contributed by atoms with van der Waals surface area (Å²) in [5.74, 6) is 0.351. The van der Waals surface area contributed by atoms with E-state index >= 15 is 0 Å². The van der Waals surface area contributed by atoms with Gasteiger partial charge in [0.25, 0.3) is 0 Å². The van der Waals surface area contributed by atoms with Crippen LogP contribution in [0.15, 0.2) is 42.5 Å². The molecular formula is C18H17ClO3. The van der Waals surface area contributed by atoms with E-state index in [2.05, 4.69) is 0 Å². The molecule has 0 amide bonds. The molecule has 0 saturated carbocycles. The molecule has 0 N–H and O–H groups in total. The van der Waals surface area contributed by atoms with Crippen molar-refractivity contribution in [2.75, 3.05) is 13.7 Å². The normalized spacial score (nSPS) is 10.7. The molecule has 114 valence electrons. The third-order valence-corrected chi connectivity index (χ3v) is 3.32. The third kappa shape index (κ3) is 4.12. The van der Waals surface area contributed by atoms with E-state index < -0.39 is 0 Å². The maximum atomic E-state index is 11.8. The van der Waals surface area contributed by atoms with Gasteiger partial charge in [-0.3, -0.25) is 0 Å². The predicted octanol–water partition coefficient (Wildman–Crippen LogP) is 4.70. The summed E-state index contributed by atoms with van der Waals surface area (Å²) in [7, 11) is 1.60. The van der Waals surface area contributed by atoms with E-state index in [-0.39, 0.29) is 5.97 Å². The first kappa shape index (κ1) is 16.1. The Morgan fingerprint density at radius 2 is 1.86 bits per heavy atom. The molecule has 2 aromatic carbocycles. The summed E-state index contributed by atoms with van der Waals surface area (Å²) in [4.78, 5) is 11.8. The predicted molar refractivity (Wildman–Crippen MR) is 89.3 cm³/mol. The van der Waals surface area contributed by atoms with Gasteiger partial charge >= 0.3 is 5.97 Å². The highest BCUT2D eigenvalue weighted by molar-refractivity contribution is 6.30. The van der Waals surface area contributed by atoms with Crippen LogP contribution in [0.1, 0.15) is 28.4 Å². The number of methoxy groups -OCH3 is 1. The van der Waals surface area contributed by atoms with E-state index in [0.717, 1.165) is 11.1 Å². The van der Waals surface area contributed by atoms with Crippen molar-refractivity contribution in [3.8, 4) is 5.75 Å². The van der Waals surface area contributed by atoms with E-state index in [4.69, 9.17) is 21.1 Å². The van der Waals surface area contributed by atoms with E-state index in [9.17, 15) is 4.79 Å². The van der Waals surface area contributed by atoms with Crippen molar-refractivity contribution in [3.63, 3.8) is 0 Å². The molecule has 0 radical (unpaired) electrons. The minimum absolute atomic E-state index is 0.341. The van der Waals surface area contributed by atoms with Gasteiger partial charge in [0.15, 0.2) is 0 Å². The largest absolute Gasteiger partial charge is 0.496 e. The summed E-state index contributed by atoms with van der Waals surface area (Å²) in [6, 6.07) is 12.7. The van der Waals surface area contributed by atoms with Crippen molar-refractivity contribution in [1.82, 2.24) is 0 Å². The van der Waals surface area contributed by atoms with Crippen molar-refractivity contribution in [1.29, 1.82) is 0 Å². The maximum absolute atomic E-state index is 11.8. The second-order valence-electron chi connectivity index (χ2n) is 4.56. The minimum atomic E-state index is -0.341. The number of hydrogen-bond acceptors (Lipinski definition) is 3. The molecular weight excluding hydrogens is 300 g/mol.